The molecule has 168 valence electrons. The number of nitrogens with zero attached hydrogens (tertiary/aromatic N) is 2. The number of allylic oxidation sites excluding steroid dienone is 2. The molecule has 0 radical (unpaired) electrons. The zero-order valence-corrected chi connectivity index (χ0v) is 18.2. The van der Waals surface area contributed by atoms with Crippen LogP contribution in [0.1, 0.15) is 19.8 Å². The highest BCUT2D eigenvalue weighted by Gasteiger charge is 2.50. The van der Waals surface area contributed by atoms with Gasteiger partial charge in [0.05, 0.1) is 23.4 Å². The maximum Gasteiger partial charge on any atom is 0.316 e. The molecule has 0 N–H and O–H groups in total. The zero-order valence-electron chi connectivity index (χ0n) is 18.2. The average Bonchev–Trinajstić information content (AvgIpc) is 3.33. The van der Waals surface area contributed by atoms with Crippen molar-refractivity contribution in [1.29, 1.82) is 0 Å². The molecule has 0 saturated carbocycles. The Hall–Kier alpha value is -3.74. The standard InChI is InChI=1S/C26H24N2O5/c1-16-7-5-12-21-23(16)25(31)28(24(21)30)19-10-6-11-20(14-19)33-26(32)17-13-22(29)27(15-17)18-8-3-2-4-9-18/h2-11,14,16-17,21,23H,12-13,15H2,1H3/t16-,17+,21-,23+/m0/s1. The number of fused-ring (bicyclic) bond motifs is 1. The number of ether oxygens (including phenoxy) is 1. The van der Waals surface area contributed by atoms with E-state index in [1.807, 2.05) is 49.4 Å². The maximum absolute atomic E-state index is 13.0. The second-order valence-corrected chi connectivity index (χ2v) is 8.83. The highest BCUT2D eigenvalue weighted by molar-refractivity contribution is 6.22. The summed E-state index contributed by atoms with van der Waals surface area (Å²) in [6, 6.07) is 15.7. The van der Waals surface area contributed by atoms with Crippen LogP contribution in [-0.2, 0) is 19.2 Å². The topological polar surface area (TPSA) is 84.0 Å². The van der Waals surface area contributed by atoms with Gasteiger partial charge in [-0.3, -0.25) is 19.2 Å². The Balaban J connectivity index is 1.30. The molecule has 7 nitrogen and oxygen atoms in total. The second kappa shape index (κ2) is 8.31. The van der Waals surface area contributed by atoms with Crippen LogP contribution in [0.4, 0.5) is 11.4 Å². The van der Waals surface area contributed by atoms with E-state index >= 15 is 0 Å². The van der Waals surface area contributed by atoms with Crippen LogP contribution < -0.4 is 14.5 Å². The van der Waals surface area contributed by atoms with E-state index in [0.29, 0.717) is 12.1 Å². The molecule has 2 aromatic rings. The molecule has 0 bridgehead atoms. The summed E-state index contributed by atoms with van der Waals surface area (Å²) in [5, 5.41) is 0. The van der Waals surface area contributed by atoms with Crippen LogP contribution in [0.5, 0.6) is 5.75 Å². The quantitative estimate of drug-likeness (QED) is 0.313. The highest BCUT2D eigenvalue weighted by Crippen LogP contribution is 2.41. The van der Waals surface area contributed by atoms with E-state index < -0.39 is 11.9 Å². The van der Waals surface area contributed by atoms with Crippen LogP contribution in [0.25, 0.3) is 0 Å². The summed E-state index contributed by atoms with van der Waals surface area (Å²) in [5.41, 5.74) is 1.14. The first kappa shape index (κ1) is 21.1. The molecule has 2 heterocycles. The van der Waals surface area contributed by atoms with E-state index in [4.69, 9.17) is 4.74 Å². The fourth-order valence-corrected chi connectivity index (χ4v) is 5.01. The molecule has 2 aromatic carbocycles. The number of benzene rings is 2. The molecule has 33 heavy (non-hydrogen) atoms. The van der Waals surface area contributed by atoms with Gasteiger partial charge in [0.25, 0.3) is 0 Å². The maximum atomic E-state index is 13.0. The molecule has 7 heteroatoms. The molecular formula is C26H24N2O5. The van der Waals surface area contributed by atoms with Crippen molar-refractivity contribution in [2.75, 3.05) is 16.3 Å². The van der Waals surface area contributed by atoms with Crippen LogP contribution in [0.3, 0.4) is 0 Å². The van der Waals surface area contributed by atoms with Gasteiger partial charge in [-0.05, 0) is 36.6 Å². The van der Waals surface area contributed by atoms with Crippen molar-refractivity contribution in [3.8, 4) is 5.75 Å². The van der Waals surface area contributed by atoms with Crippen molar-refractivity contribution in [3.63, 3.8) is 0 Å². The lowest BCUT2D eigenvalue weighted by Crippen LogP contribution is -2.31. The molecular weight excluding hydrogens is 420 g/mol. The number of carbonyl (C=O) groups excluding carboxylic acids is 4. The van der Waals surface area contributed by atoms with Gasteiger partial charge in [0.1, 0.15) is 5.75 Å². The van der Waals surface area contributed by atoms with Gasteiger partial charge in [0, 0.05) is 24.7 Å². The summed E-state index contributed by atoms with van der Waals surface area (Å²) in [6.45, 7) is 2.19. The fraction of sp³-hybridized carbons (Fsp3) is 0.308. The van der Waals surface area contributed by atoms with Crippen molar-refractivity contribution in [3.05, 3.63) is 66.7 Å². The summed E-state index contributed by atoms with van der Waals surface area (Å²) < 4.78 is 5.56. The number of esters is 1. The van der Waals surface area contributed by atoms with Gasteiger partial charge in [-0.15, -0.1) is 0 Å². The Labute approximate surface area is 191 Å². The third-order valence-electron chi connectivity index (χ3n) is 6.69. The molecule has 5 rings (SSSR count). The van der Waals surface area contributed by atoms with E-state index in [2.05, 4.69) is 0 Å². The molecule has 0 aromatic heterocycles. The van der Waals surface area contributed by atoms with Crippen molar-refractivity contribution in [1.82, 2.24) is 0 Å². The summed E-state index contributed by atoms with van der Waals surface area (Å²) in [6.07, 6.45) is 4.57. The Morgan fingerprint density at radius 1 is 0.970 bits per heavy atom. The van der Waals surface area contributed by atoms with Crippen LogP contribution in [0.15, 0.2) is 66.7 Å². The molecule has 0 unspecified atom stereocenters. The summed E-state index contributed by atoms with van der Waals surface area (Å²) in [4.78, 5) is 54.0. The SMILES string of the molecule is C[C@H]1C=CC[C@@H]2C(=O)N(c3cccc(OC(=O)[C@@H]4CC(=O)N(c5ccccc5)C4)c3)C(=O)[C@@H]21. The van der Waals surface area contributed by atoms with Crippen LogP contribution in [-0.4, -0.2) is 30.2 Å². The van der Waals surface area contributed by atoms with E-state index in [1.54, 1.807) is 23.1 Å². The van der Waals surface area contributed by atoms with Gasteiger partial charge in [-0.1, -0.05) is 43.3 Å². The van der Waals surface area contributed by atoms with Gasteiger partial charge >= 0.3 is 5.97 Å². The van der Waals surface area contributed by atoms with Crippen molar-refractivity contribution in [2.45, 2.75) is 19.8 Å². The molecule has 0 spiro atoms. The average molecular weight is 444 g/mol. The lowest BCUT2D eigenvalue weighted by Gasteiger charge is -2.22. The Bertz CT molecular complexity index is 1160. The number of amides is 3. The fourth-order valence-electron chi connectivity index (χ4n) is 5.01. The minimum Gasteiger partial charge on any atom is -0.426 e. The summed E-state index contributed by atoms with van der Waals surface area (Å²) in [5.74, 6) is -2.14. The van der Waals surface area contributed by atoms with Crippen LogP contribution in [0, 0.1) is 23.7 Å². The van der Waals surface area contributed by atoms with Gasteiger partial charge < -0.3 is 9.64 Å². The van der Waals surface area contributed by atoms with E-state index in [-0.39, 0.29) is 54.2 Å². The zero-order chi connectivity index (χ0) is 23.1. The lowest BCUT2D eigenvalue weighted by atomic mass is 9.78. The Kier molecular flexibility index (Phi) is 5.32. The molecule has 2 fully saturated rings. The summed E-state index contributed by atoms with van der Waals surface area (Å²) >= 11 is 0. The minimum absolute atomic E-state index is 0.00123. The molecule has 4 atom stereocenters. The number of hydrogen-bond acceptors (Lipinski definition) is 5. The smallest absolute Gasteiger partial charge is 0.316 e. The lowest BCUT2D eigenvalue weighted by molar-refractivity contribution is -0.139. The normalized spacial score (nSPS) is 26.6. The minimum atomic E-state index is -0.591. The number of rotatable bonds is 4. The number of para-hydroxylation sites is 1. The van der Waals surface area contributed by atoms with Crippen LogP contribution in [0.2, 0.25) is 0 Å². The monoisotopic (exact) mass is 444 g/mol. The van der Waals surface area contributed by atoms with Crippen LogP contribution >= 0.6 is 0 Å². The van der Waals surface area contributed by atoms with E-state index in [1.165, 1.54) is 11.0 Å². The van der Waals surface area contributed by atoms with Gasteiger partial charge in [-0.25, -0.2) is 4.90 Å². The third kappa shape index (κ3) is 3.73. The largest absolute Gasteiger partial charge is 0.426 e. The number of imide groups is 1. The molecule has 1 aliphatic carbocycles. The van der Waals surface area contributed by atoms with Gasteiger partial charge in [-0.2, -0.15) is 0 Å². The molecule has 2 saturated heterocycles. The first-order valence-corrected chi connectivity index (χ1v) is 11.2. The van der Waals surface area contributed by atoms with Crippen molar-refractivity contribution in [2.24, 2.45) is 23.7 Å². The number of carbonyl (C=O) groups is 4. The van der Waals surface area contributed by atoms with Crippen molar-refractivity contribution < 1.29 is 23.9 Å². The van der Waals surface area contributed by atoms with E-state index in [0.717, 1.165) is 5.69 Å². The third-order valence-corrected chi connectivity index (χ3v) is 6.69. The predicted octanol–water partition coefficient (Wildman–Crippen LogP) is 3.35. The number of hydrogen-bond donors (Lipinski definition) is 0. The van der Waals surface area contributed by atoms with Crippen molar-refractivity contribution >= 4 is 35.1 Å². The highest BCUT2D eigenvalue weighted by atomic mass is 16.5. The van der Waals surface area contributed by atoms with Gasteiger partial charge in [0.15, 0.2) is 0 Å². The van der Waals surface area contributed by atoms with E-state index in [9.17, 15) is 19.2 Å². The first-order chi connectivity index (χ1) is 15.9. The second-order valence-electron chi connectivity index (χ2n) is 8.83. The molecule has 3 amide bonds. The predicted molar refractivity (Wildman–Crippen MR) is 121 cm³/mol. The Morgan fingerprint density at radius 2 is 1.73 bits per heavy atom. The molecule has 3 aliphatic rings. The number of anilines is 2. The summed E-state index contributed by atoms with van der Waals surface area (Å²) in [7, 11) is 0. The van der Waals surface area contributed by atoms with Gasteiger partial charge in [0.2, 0.25) is 17.7 Å². The first-order valence-electron chi connectivity index (χ1n) is 11.2. The molecule has 2 aliphatic heterocycles. The Morgan fingerprint density at radius 3 is 2.48 bits per heavy atom.